The van der Waals surface area contributed by atoms with Crippen molar-refractivity contribution in [3.63, 3.8) is 0 Å². The average molecular weight is 436 g/mol. The highest BCUT2D eigenvalue weighted by molar-refractivity contribution is 5.80. The van der Waals surface area contributed by atoms with Gasteiger partial charge in [0.25, 0.3) is 5.91 Å². The van der Waals surface area contributed by atoms with E-state index < -0.39 is 11.7 Å². The van der Waals surface area contributed by atoms with Gasteiger partial charge in [-0.2, -0.15) is 0 Å². The van der Waals surface area contributed by atoms with Crippen LogP contribution in [-0.4, -0.2) is 44.5 Å². The second-order valence-corrected chi connectivity index (χ2v) is 8.77. The molecule has 1 N–H and O–H groups in total. The number of nitrogens with zero attached hydrogens (tertiary/aromatic N) is 4. The molecule has 32 heavy (non-hydrogen) atoms. The van der Waals surface area contributed by atoms with Crippen molar-refractivity contribution in [3.05, 3.63) is 71.5 Å². The molecule has 168 valence electrons. The van der Waals surface area contributed by atoms with Gasteiger partial charge in [-0.05, 0) is 50.5 Å². The van der Waals surface area contributed by atoms with E-state index in [-0.39, 0.29) is 5.91 Å². The van der Waals surface area contributed by atoms with Gasteiger partial charge < -0.3 is 19.0 Å². The Labute approximate surface area is 187 Å². The second kappa shape index (κ2) is 8.52. The Kier molecular flexibility index (Phi) is 5.57. The van der Waals surface area contributed by atoms with Crippen LogP contribution in [0.4, 0.5) is 0 Å². The van der Waals surface area contributed by atoms with Crippen LogP contribution in [0.3, 0.4) is 0 Å². The maximum Gasteiger partial charge on any atom is 0.251 e. The summed E-state index contributed by atoms with van der Waals surface area (Å²) in [6, 6.07) is 7.79. The molecular weight excluding hydrogens is 406 g/mol. The summed E-state index contributed by atoms with van der Waals surface area (Å²) >= 11 is 0. The average Bonchev–Trinajstić information content (AvgIpc) is 3.41. The summed E-state index contributed by atoms with van der Waals surface area (Å²) in [6.45, 7) is 7.43. The fourth-order valence-electron chi connectivity index (χ4n) is 4.69. The minimum Gasteiger partial charge on any atom is -0.465 e. The molecule has 8 nitrogen and oxygen atoms in total. The first-order valence-corrected chi connectivity index (χ1v) is 11.2. The van der Waals surface area contributed by atoms with Crippen LogP contribution in [0, 0.1) is 13.8 Å². The van der Waals surface area contributed by atoms with E-state index in [1.54, 1.807) is 12.4 Å². The first kappa shape index (κ1) is 20.9. The van der Waals surface area contributed by atoms with Gasteiger partial charge in [0, 0.05) is 31.7 Å². The van der Waals surface area contributed by atoms with Crippen molar-refractivity contribution in [2.75, 3.05) is 13.1 Å². The largest absolute Gasteiger partial charge is 0.465 e. The molecule has 5 heterocycles. The van der Waals surface area contributed by atoms with Crippen LogP contribution in [0.1, 0.15) is 41.4 Å². The highest BCUT2D eigenvalue weighted by Crippen LogP contribution is 2.40. The molecule has 0 unspecified atom stereocenters. The summed E-state index contributed by atoms with van der Waals surface area (Å²) in [5.41, 5.74) is 1.47. The summed E-state index contributed by atoms with van der Waals surface area (Å²) < 4.78 is 14.4. The van der Waals surface area contributed by atoms with Crippen LogP contribution >= 0.6 is 0 Å². The Morgan fingerprint density at radius 1 is 1.22 bits per heavy atom. The lowest BCUT2D eigenvalue weighted by Crippen LogP contribution is -2.53. The van der Waals surface area contributed by atoms with Gasteiger partial charge in [-0.15, -0.1) is 0 Å². The van der Waals surface area contributed by atoms with Gasteiger partial charge >= 0.3 is 0 Å². The summed E-state index contributed by atoms with van der Waals surface area (Å²) in [7, 11) is 0. The lowest BCUT2D eigenvalue weighted by molar-refractivity contribution is -0.174. The van der Waals surface area contributed by atoms with E-state index >= 15 is 0 Å². The standard InChI is InChI=1S/C24H29N5O3/c1-17-13-20(31-18(17)2)15-28-10-6-24(7-11-28)23-26-9-12-29(23)16-21(32-24)22(30)27-14-19-5-3-4-8-25-19/h3-5,8-9,12-13,21H,6-7,10-11,14-16H2,1-2H3,(H,27,30)/t21-/m0/s1. The smallest absolute Gasteiger partial charge is 0.251 e. The van der Waals surface area contributed by atoms with E-state index in [9.17, 15) is 4.79 Å². The fraction of sp³-hybridized carbons (Fsp3) is 0.458. The Balaban J connectivity index is 1.26. The number of carbonyl (C=O) groups is 1. The number of aromatic nitrogens is 3. The number of pyridine rings is 1. The molecule has 1 atom stereocenters. The van der Waals surface area contributed by atoms with Crippen molar-refractivity contribution in [1.82, 2.24) is 24.8 Å². The van der Waals surface area contributed by atoms with Gasteiger partial charge in [0.1, 0.15) is 22.9 Å². The Bertz CT molecular complexity index is 1060. The third-order valence-corrected chi connectivity index (χ3v) is 6.58. The molecule has 0 saturated carbocycles. The van der Waals surface area contributed by atoms with Gasteiger partial charge in [-0.3, -0.25) is 14.7 Å². The first-order valence-electron chi connectivity index (χ1n) is 11.2. The number of ether oxygens (including phenoxy) is 1. The third-order valence-electron chi connectivity index (χ3n) is 6.58. The van der Waals surface area contributed by atoms with E-state index in [1.807, 2.05) is 31.3 Å². The Morgan fingerprint density at radius 2 is 2.06 bits per heavy atom. The van der Waals surface area contributed by atoms with Crippen LogP contribution in [0.15, 0.2) is 47.3 Å². The first-order chi connectivity index (χ1) is 15.5. The zero-order valence-electron chi connectivity index (χ0n) is 18.6. The zero-order valence-corrected chi connectivity index (χ0v) is 18.6. The number of furan rings is 1. The number of fused-ring (bicyclic) bond motifs is 2. The minimum atomic E-state index is -0.553. The van der Waals surface area contributed by atoms with E-state index in [0.717, 1.165) is 55.5 Å². The van der Waals surface area contributed by atoms with Gasteiger partial charge in [0.15, 0.2) is 6.10 Å². The van der Waals surface area contributed by atoms with Crippen LogP contribution in [0.25, 0.3) is 0 Å². The van der Waals surface area contributed by atoms with Crippen molar-refractivity contribution in [1.29, 1.82) is 0 Å². The molecule has 1 spiro atoms. The fourth-order valence-corrected chi connectivity index (χ4v) is 4.69. The minimum absolute atomic E-state index is 0.113. The predicted octanol–water partition coefficient (Wildman–Crippen LogP) is 2.69. The topological polar surface area (TPSA) is 85.4 Å². The SMILES string of the molecule is Cc1cc(CN2CCC3(CC2)O[C@H](C(=O)NCc2ccccn2)Cn2ccnc23)oc1C. The molecular formula is C24H29N5O3. The normalized spacial score (nSPS) is 20.2. The lowest BCUT2D eigenvalue weighted by atomic mass is 9.88. The van der Waals surface area contributed by atoms with Gasteiger partial charge in [-0.1, -0.05) is 6.07 Å². The predicted molar refractivity (Wildman–Crippen MR) is 118 cm³/mol. The maximum absolute atomic E-state index is 12.9. The Hall–Kier alpha value is -2.97. The molecule has 0 aromatic carbocycles. The van der Waals surface area contributed by atoms with Crippen LogP contribution in [0.5, 0.6) is 0 Å². The molecule has 1 saturated heterocycles. The highest BCUT2D eigenvalue weighted by atomic mass is 16.5. The number of nitrogens with one attached hydrogen (secondary N) is 1. The van der Waals surface area contributed by atoms with E-state index in [2.05, 4.69) is 37.7 Å². The number of piperidine rings is 1. The summed E-state index contributed by atoms with van der Waals surface area (Å²) in [5.74, 6) is 2.79. The molecule has 5 rings (SSSR count). The molecule has 2 aliphatic rings. The molecule has 3 aromatic heterocycles. The molecule has 0 radical (unpaired) electrons. The highest BCUT2D eigenvalue weighted by Gasteiger charge is 2.47. The van der Waals surface area contributed by atoms with Gasteiger partial charge in [0.05, 0.1) is 25.3 Å². The number of hydrogen-bond acceptors (Lipinski definition) is 6. The van der Waals surface area contributed by atoms with E-state index in [4.69, 9.17) is 9.15 Å². The van der Waals surface area contributed by atoms with Crippen LogP contribution in [-0.2, 0) is 34.8 Å². The number of likely N-dealkylation sites (tertiary alicyclic amines) is 1. The zero-order chi connectivity index (χ0) is 22.1. The maximum atomic E-state index is 12.9. The van der Waals surface area contributed by atoms with Crippen LogP contribution < -0.4 is 5.32 Å². The van der Waals surface area contributed by atoms with Gasteiger partial charge in [-0.25, -0.2) is 4.98 Å². The number of rotatable bonds is 5. The van der Waals surface area contributed by atoms with Crippen molar-refractivity contribution < 1.29 is 13.9 Å². The quantitative estimate of drug-likeness (QED) is 0.663. The van der Waals surface area contributed by atoms with E-state index in [1.165, 1.54) is 5.56 Å². The number of amides is 1. The van der Waals surface area contributed by atoms with Crippen molar-refractivity contribution in [2.45, 2.75) is 58.0 Å². The monoisotopic (exact) mass is 435 g/mol. The number of hydrogen-bond donors (Lipinski definition) is 1. The van der Waals surface area contributed by atoms with Crippen LogP contribution in [0.2, 0.25) is 0 Å². The van der Waals surface area contributed by atoms with E-state index in [0.29, 0.717) is 13.1 Å². The number of carbonyl (C=O) groups excluding carboxylic acids is 1. The summed E-state index contributed by atoms with van der Waals surface area (Å²) in [4.78, 5) is 24.2. The molecule has 1 amide bonds. The van der Waals surface area contributed by atoms with Crippen molar-refractivity contribution in [2.24, 2.45) is 0 Å². The third kappa shape index (κ3) is 4.08. The number of imidazole rings is 1. The summed E-state index contributed by atoms with van der Waals surface area (Å²) in [6.07, 6.45) is 6.49. The molecule has 0 bridgehead atoms. The molecule has 3 aromatic rings. The molecule has 1 fully saturated rings. The molecule has 0 aliphatic carbocycles. The summed E-state index contributed by atoms with van der Waals surface area (Å²) in [5, 5.41) is 2.98. The van der Waals surface area contributed by atoms with Gasteiger partial charge in [0.2, 0.25) is 0 Å². The molecule has 2 aliphatic heterocycles. The second-order valence-electron chi connectivity index (χ2n) is 8.77. The Morgan fingerprint density at radius 3 is 2.78 bits per heavy atom. The molecule has 8 heteroatoms. The van der Waals surface area contributed by atoms with Crippen molar-refractivity contribution in [3.8, 4) is 0 Å². The number of aryl methyl sites for hydroxylation is 2. The lowest BCUT2D eigenvalue weighted by Gasteiger charge is -2.45. The van der Waals surface area contributed by atoms with Crippen molar-refractivity contribution >= 4 is 5.91 Å².